The molecular weight excluding hydrogens is 302 g/mol. The lowest BCUT2D eigenvalue weighted by atomic mass is 10.1. The molecule has 0 spiro atoms. The molecule has 0 atom stereocenters. The molecule has 0 aliphatic rings. The van der Waals surface area contributed by atoms with E-state index in [1.165, 1.54) is 23.8 Å². The molecule has 7 heteroatoms. The second-order valence-electron chi connectivity index (χ2n) is 4.32. The normalized spacial score (nSPS) is 11.4. The van der Waals surface area contributed by atoms with Crippen LogP contribution >= 0.6 is 11.3 Å². The minimum atomic E-state index is -0.622. The zero-order valence-corrected chi connectivity index (χ0v) is 12.4. The van der Waals surface area contributed by atoms with Crippen molar-refractivity contribution >= 4 is 23.0 Å². The fourth-order valence-corrected chi connectivity index (χ4v) is 2.50. The molecule has 0 saturated carbocycles. The Hall–Kier alpha value is -2.80. The Kier molecular flexibility index (Phi) is 4.06. The minimum absolute atomic E-state index is 0.193. The summed E-state index contributed by atoms with van der Waals surface area (Å²) in [6.45, 7) is 1.79. The lowest BCUT2D eigenvalue weighted by molar-refractivity contribution is 0.0510. The summed E-state index contributed by atoms with van der Waals surface area (Å²) >= 11 is 1.48. The summed E-state index contributed by atoms with van der Waals surface area (Å²) < 4.78 is 4.94. The van der Waals surface area contributed by atoms with E-state index in [0.29, 0.717) is 17.0 Å². The van der Waals surface area contributed by atoms with Gasteiger partial charge in [0.1, 0.15) is 12.0 Å². The van der Waals surface area contributed by atoms with E-state index in [0.717, 1.165) is 4.88 Å². The third-order valence-electron chi connectivity index (χ3n) is 2.85. The Labute approximate surface area is 130 Å². The third kappa shape index (κ3) is 2.94. The Morgan fingerprint density at radius 1 is 1.32 bits per heavy atom. The van der Waals surface area contributed by atoms with Crippen LogP contribution in [0.25, 0.3) is 0 Å². The van der Waals surface area contributed by atoms with E-state index in [-0.39, 0.29) is 5.69 Å². The van der Waals surface area contributed by atoms with Gasteiger partial charge in [0, 0.05) is 6.20 Å². The largest absolute Gasteiger partial charge is 0.383 e. The van der Waals surface area contributed by atoms with Gasteiger partial charge in [0.25, 0.3) is 0 Å². The molecule has 22 heavy (non-hydrogen) atoms. The first-order chi connectivity index (χ1) is 10.8. The van der Waals surface area contributed by atoms with Gasteiger partial charge in [-0.25, -0.2) is 9.78 Å². The number of oxime groups is 1. The molecule has 3 heterocycles. The number of aryl methyl sites for hydroxylation is 1. The van der Waals surface area contributed by atoms with Crippen LogP contribution in [0.2, 0.25) is 0 Å². The molecule has 0 N–H and O–H groups in total. The van der Waals surface area contributed by atoms with E-state index in [2.05, 4.69) is 15.3 Å². The molecule has 6 nitrogen and oxygen atoms in total. The Bertz CT molecular complexity index is 795. The third-order valence-corrected chi connectivity index (χ3v) is 3.73. The number of hydrogen-bond acceptors (Lipinski definition) is 7. The van der Waals surface area contributed by atoms with Crippen molar-refractivity contribution in [3.8, 4) is 0 Å². The molecule has 0 radical (unpaired) electrons. The summed E-state index contributed by atoms with van der Waals surface area (Å²) in [6, 6.07) is 8.76. The maximum Gasteiger partial charge on any atom is 0.383 e. The molecule has 0 unspecified atom stereocenters. The molecule has 110 valence electrons. The van der Waals surface area contributed by atoms with Crippen LogP contribution in [0.15, 0.2) is 57.9 Å². The number of aromatic nitrogens is 2. The van der Waals surface area contributed by atoms with Gasteiger partial charge in [-0.2, -0.15) is 0 Å². The van der Waals surface area contributed by atoms with Gasteiger partial charge in [-0.15, -0.1) is 11.3 Å². The first kappa shape index (κ1) is 14.2. The molecule has 0 bridgehead atoms. The van der Waals surface area contributed by atoms with Crippen molar-refractivity contribution in [1.29, 1.82) is 0 Å². The van der Waals surface area contributed by atoms with Crippen molar-refractivity contribution in [2.45, 2.75) is 6.92 Å². The standard InChI is InChI=1S/C15H11N3O3S/c1-10-11(9-20-17-10)14(13-6-4-8-22-13)18-21-15(19)12-5-2-3-7-16-12/h2-9H,1H3. The Morgan fingerprint density at radius 2 is 2.23 bits per heavy atom. The highest BCUT2D eigenvalue weighted by atomic mass is 32.1. The number of thiophene rings is 1. The number of rotatable bonds is 4. The van der Waals surface area contributed by atoms with E-state index in [9.17, 15) is 4.79 Å². The second kappa shape index (κ2) is 6.31. The van der Waals surface area contributed by atoms with Crippen molar-refractivity contribution in [2.24, 2.45) is 5.16 Å². The van der Waals surface area contributed by atoms with Crippen LogP contribution in [0.5, 0.6) is 0 Å². The van der Waals surface area contributed by atoms with Crippen LogP contribution in [-0.2, 0) is 4.84 Å². The molecule has 0 amide bonds. The van der Waals surface area contributed by atoms with Crippen molar-refractivity contribution in [3.63, 3.8) is 0 Å². The molecule has 3 rings (SSSR count). The summed E-state index contributed by atoms with van der Waals surface area (Å²) in [5.41, 5.74) is 2.04. The van der Waals surface area contributed by atoms with E-state index in [1.807, 2.05) is 17.5 Å². The topological polar surface area (TPSA) is 77.6 Å². The van der Waals surface area contributed by atoms with Crippen molar-refractivity contribution in [2.75, 3.05) is 0 Å². The van der Waals surface area contributed by atoms with E-state index in [4.69, 9.17) is 9.36 Å². The average Bonchev–Trinajstić information content (AvgIpc) is 3.21. The summed E-state index contributed by atoms with van der Waals surface area (Å²) in [5.74, 6) is -0.622. The van der Waals surface area contributed by atoms with Crippen molar-refractivity contribution in [1.82, 2.24) is 10.1 Å². The highest BCUT2D eigenvalue weighted by molar-refractivity contribution is 7.12. The lowest BCUT2D eigenvalue weighted by Gasteiger charge is -2.02. The van der Waals surface area contributed by atoms with Crippen LogP contribution in [0.4, 0.5) is 0 Å². The SMILES string of the molecule is Cc1nocc1C(=NOC(=O)c1ccccn1)c1cccs1. The van der Waals surface area contributed by atoms with Crippen molar-refractivity contribution < 1.29 is 14.2 Å². The van der Waals surface area contributed by atoms with Gasteiger partial charge in [0.15, 0.2) is 5.69 Å². The van der Waals surface area contributed by atoms with Gasteiger partial charge in [-0.3, -0.25) is 0 Å². The molecule has 3 aromatic heterocycles. The van der Waals surface area contributed by atoms with Gasteiger partial charge in [0.2, 0.25) is 0 Å². The smallest absolute Gasteiger partial charge is 0.364 e. The fourth-order valence-electron chi connectivity index (χ4n) is 1.78. The highest BCUT2D eigenvalue weighted by Gasteiger charge is 2.17. The lowest BCUT2D eigenvalue weighted by Crippen LogP contribution is -2.08. The molecule has 0 fully saturated rings. The van der Waals surface area contributed by atoms with Crippen LogP contribution in [0.3, 0.4) is 0 Å². The average molecular weight is 313 g/mol. The van der Waals surface area contributed by atoms with Gasteiger partial charge in [-0.05, 0) is 30.5 Å². The second-order valence-corrected chi connectivity index (χ2v) is 5.27. The monoisotopic (exact) mass is 313 g/mol. The first-order valence-electron chi connectivity index (χ1n) is 6.41. The highest BCUT2D eigenvalue weighted by Crippen LogP contribution is 2.18. The molecule has 3 aromatic rings. The number of hydrogen-bond donors (Lipinski definition) is 0. The quantitative estimate of drug-likeness (QED) is 0.420. The molecule has 0 aliphatic heterocycles. The first-order valence-corrected chi connectivity index (χ1v) is 7.29. The van der Waals surface area contributed by atoms with Crippen LogP contribution < -0.4 is 0 Å². The summed E-state index contributed by atoms with van der Waals surface area (Å²) in [7, 11) is 0. The van der Waals surface area contributed by atoms with Crippen LogP contribution in [-0.4, -0.2) is 21.8 Å². The Morgan fingerprint density at radius 3 is 2.86 bits per heavy atom. The van der Waals surface area contributed by atoms with Crippen LogP contribution in [0, 0.1) is 6.92 Å². The van der Waals surface area contributed by atoms with Gasteiger partial charge in [-0.1, -0.05) is 22.4 Å². The number of carbonyl (C=O) groups excluding carboxylic acids is 1. The predicted octanol–water partition coefficient (Wildman–Crippen LogP) is 3.05. The summed E-state index contributed by atoms with van der Waals surface area (Å²) in [5, 5.41) is 9.72. The van der Waals surface area contributed by atoms with Gasteiger partial charge < -0.3 is 9.36 Å². The zero-order valence-electron chi connectivity index (χ0n) is 11.6. The maximum atomic E-state index is 11.9. The number of carbonyl (C=O) groups is 1. The molecule has 0 aromatic carbocycles. The minimum Gasteiger partial charge on any atom is -0.364 e. The van der Waals surface area contributed by atoms with Gasteiger partial charge in [0.05, 0.1) is 16.1 Å². The number of pyridine rings is 1. The van der Waals surface area contributed by atoms with E-state index >= 15 is 0 Å². The number of nitrogens with zero attached hydrogens (tertiary/aromatic N) is 3. The zero-order chi connectivity index (χ0) is 15.4. The van der Waals surface area contributed by atoms with Crippen molar-refractivity contribution in [3.05, 3.63) is 70.0 Å². The molecule has 0 aliphatic carbocycles. The summed E-state index contributed by atoms with van der Waals surface area (Å²) in [6.07, 6.45) is 2.99. The predicted molar refractivity (Wildman–Crippen MR) is 80.9 cm³/mol. The van der Waals surface area contributed by atoms with E-state index in [1.54, 1.807) is 25.1 Å². The fraction of sp³-hybridized carbons (Fsp3) is 0.0667. The van der Waals surface area contributed by atoms with Gasteiger partial charge >= 0.3 is 5.97 Å². The van der Waals surface area contributed by atoms with Crippen LogP contribution in [0.1, 0.15) is 26.6 Å². The van der Waals surface area contributed by atoms with E-state index < -0.39 is 5.97 Å². The molecule has 0 saturated heterocycles. The summed E-state index contributed by atoms with van der Waals surface area (Å²) in [4.78, 5) is 21.7. The molecular formula is C15H11N3O3S. The Balaban J connectivity index is 1.90. The maximum absolute atomic E-state index is 11.9.